The van der Waals surface area contributed by atoms with Crippen molar-refractivity contribution in [2.45, 2.75) is 127 Å². The number of nitrogens with zero attached hydrogens (tertiary/aromatic N) is 2. The molecule has 0 saturated carbocycles. The number of alkyl carbamates (subject to hydrolysis) is 1. The zero-order valence-corrected chi connectivity index (χ0v) is 35.7. The van der Waals surface area contributed by atoms with Crippen molar-refractivity contribution in [3.63, 3.8) is 0 Å². The Bertz CT molecular complexity index is 2050. The molecule has 3 aliphatic rings. The quantitative estimate of drug-likeness (QED) is 0.244. The molecule has 4 N–H and O–H groups in total. The zero-order valence-electron chi connectivity index (χ0n) is 34.9. The van der Waals surface area contributed by atoms with E-state index in [1.165, 1.54) is 13.8 Å². The third-order valence-electron chi connectivity index (χ3n) is 11.6. The zero-order chi connectivity index (χ0) is 43.8. The highest BCUT2D eigenvalue weighted by Gasteiger charge is 2.56. The second-order valence-electron chi connectivity index (χ2n) is 16.9. The number of ether oxygens (including phenoxy) is 5. The number of ketones is 2. The van der Waals surface area contributed by atoms with E-state index in [0.29, 0.717) is 28.5 Å². The predicted octanol–water partition coefficient (Wildman–Crippen LogP) is 3.21. The first-order valence-electron chi connectivity index (χ1n) is 19.7. The topological polar surface area (TPSA) is 223 Å². The number of nitrogens with two attached hydrogens (primary N) is 1. The standard InChI is InChI=1S/C41H57FN4O12S/c1-21-18-40(6,54-14-10-11-26-16-28-17-27(20-59(43,52)53)12-13-29(28)44-19-26)36(58-37-33(48)30(46(8)9)15-22(2)55-37)24(4)35(49)41(7,42)38(50)56-25(5)34-31(23(3)32(21)47)45-39(51)57-34/h10-13,16-17,19,21-25,30-31,33-34,36-37,48H,14-15,18,20H2,1-9H3,(H,45,51)(H2,43,52,53)/b11-10+/t21-,22-,23+,24+,25-,30+,31?,33-,34?,36-,37+,40+,41?/m1/s1. The molecule has 2 aromatic rings. The second kappa shape index (κ2) is 18.0. The van der Waals surface area contributed by atoms with Gasteiger partial charge in [-0.05, 0) is 84.0 Å². The summed E-state index contributed by atoms with van der Waals surface area (Å²) in [4.78, 5) is 60.7. The van der Waals surface area contributed by atoms with Gasteiger partial charge in [0.15, 0.2) is 18.2 Å². The highest BCUT2D eigenvalue weighted by Crippen LogP contribution is 2.39. The number of Topliss-reactive ketones (excluding diaryl/α,β-unsaturated/α-hetero) is 2. The van der Waals surface area contributed by atoms with Gasteiger partial charge in [0.25, 0.3) is 5.67 Å². The van der Waals surface area contributed by atoms with Gasteiger partial charge in [-0.3, -0.25) is 14.6 Å². The number of sulfonamides is 1. The van der Waals surface area contributed by atoms with Crippen molar-refractivity contribution < 1.29 is 60.8 Å². The van der Waals surface area contributed by atoms with Crippen molar-refractivity contribution in [3.8, 4) is 0 Å². The number of carbonyl (C=O) groups excluding carboxylic acids is 4. The first-order valence-corrected chi connectivity index (χ1v) is 21.4. The van der Waals surface area contributed by atoms with Gasteiger partial charge in [-0.15, -0.1) is 0 Å². The van der Waals surface area contributed by atoms with E-state index < -0.39 is 106 Å². The van der Waals surface area contributed by atoms with Gasteiger partial charge in [-0.1, -0.05) is 39.0 Å². The number of cyclic esters (lactones) is 1. The van der Waals surface area contributed by atoms with Crippen LogP contribution in [0.15, 0.2) is 36.5 Å². The van der Waals surface area contributed by atoms with Crippen LogP contribution >= 0.6 is 0 Å². The maximum absolute atomic E-state index is 16.7. The maximum atomic E-state index is 16.7. The van der Waals surface area contributed by atoms with Gasteiger partial charge in [-0.25, -0.2) is 27.5 Å². The third-order valence-corrected chi connectivity index (χ3v) is 12.4. The average Bonchev–Trinajstić information content (AvgIpc) is 3.55. The Balaban J connectivity index is 1.55. The molecule has 326 valence electrons. The van der Waals surface area contributed by atoms with Crippen LogP contribution in [0.1, 0.15) is 72.4 Å². The lowest BCUT2D eigenvalue weighted by molar-refractivity contribution is -0.297. The van der Waals surface area contributed by atoms with Gasteiger partial charge < -0.3 is 39.0 Å². The minimum absolute atomic E-state index is 0.0959. The number of alkyl halides is 1. The van der Waals surface area contributed by atoms with Crippen molar-refractivity contribution in [1.29, 1.82) is 0 Å². The van der Waals surface area contributed by atoms with E-state index in [1.54, 1.807) is 84.4 Å². The number of aromatic nitrogens is 1. The van der Waals surface area contributed by atoms with Crippen LogP contribution in [0.2, 0.25) is 0 Å². The number of esters is 1. The Hall–Kier alpha value is -3.91. The van der Waals surface area contributed by atoms with E-state index in [9.17, 15) is 32.7 Å². The van der Waals surface area contributed by atoms with Crippen molar-refractivity contribution in [1.82, 2.24) is 15.2 Å². The lowest BCUT2D eigenvalue weighted by Crippen LogP contribution is -2.60. The minimum atomic E-state index is -3.76. The number of hydrogen-bond donors (Lipinski definition) is 3. The van der Waals surface area contributed by atoms with Crippen LogP contribution in [0.25, 0.3) is 17.0 Å². The number of rotatable bonds is 9. The molecule has 3 aliphatic heterocycles. The summed E-state index contributed by atoms with van der Waals surface area (Å²) in [5.41, 5.74) is -3.08. The van der Waals surface area contributed by atoms with E-state index in [-0.39, 0.29) is 24.6 Å². The molecule has 5 rings (SSSR count). The smallest absolute Gasteiger partial charge is 0.407 e. The molecule has 4 heterocycles. The molecular formula is C41H57FN4O12S. The fraction of sp³-hybridized carbons (Fsp3) is 0.634. The largest absolute Gasteiger partial charge is 0.456 e. The Morgan fingerprint density at radius 1 is 1.07 bits per heavy atom. The predicted molar refractivity (Wildman–Crippen MR) is 214 cm³/mol. The molecule has 0 spiro atoms. The van der Waals surface area contributed by atoms with Crippen LogP contribution in [0.3, 0.4) is 0 Å². The van der Waals surface area contributed by atoms with Gasteiger partial charge in [0.05, 0.1) is 41.7 Å². The molecule has 3 unspecified atom stereocenters. The van der Waals surface area contributed by atoms with Crippen LogP contribution in [-0.2, 0) is 53.8 Å². The number of carbonyl (C=O) groups is 4. The third kappa shape index (κ3) is 10.5. The number of aliphatic hydroxyl groups excluding tert-OH is 1. The minimum Gasteiger partial charge on any atom is -0.456 e. The number of likely N-dealkylation sites (N-methyl/N-ethyl adjacent to an activating group) is 1. The molecule has 59 heavy (non-hydrogen) atoms. The second-order valence-corrected chi connectivity index (χ2v) is 18.5. The Kier molecular flexibility index (Phi) is 14.1. The normalized spacial score (nSPS) is 36.6. The Morgan fingerprint density at radius 2 is 1.76 bits per heavy atom. The molecule has 1 aromatic carbocycles. The number of fused-ring (bicyclic) bond motifs is 2. The first kappa shape index (κ1) is 46.2. The van der Waals surface area contributed by atoms with E-state index >= 15 is 4.39 Å². The molecule has 3 fully saturated rings. The highest BCUT2D eigenvalue weighted by atomic mass is 32.2. The number of amides is 1. The lowest BCUT2D eigenvalue weighted by atomic mass is 9.75. The summed E-state index contributed by atoms with van der Waals surface area (Å²) in [6, 6.07) is 5.44. The first-order chi connectivity index (χ1) is 27.4. The Labute approximate surface area is 344 Å². The van der Waals surface area contributed by atoms with Gasteiger partial charge in [0, 0.05) is 35.4 Å². The van der Waals surface area contributed by atoms with Crippen LogP contribution in [0.5, 0.6) is 0 Å². The molecule has 0 bridgehead atoms. The van der Waals surface area contributed by atoms with Gasteiger partial charge >= 0.3 is 12.1 Å². The van der Waals surface area contributed by atoms with Crippen molar-refractivity contribution in [3.05, 3.63) is 47.7 Å². The fourth-order valence-corrected chi connectivity index (χ4v) is 9.12. The summed E-state index contributed by atoms with van der Waals surface area (Å²) in [7, 11) is -0.173. The number of hydrogen-bond acceptors (Lipinski definition) is 14. The molecule has 13 atom stereocenters. The van der Waals surface area contributed by atoms with E-state index in [2.05, 4.69) is 10.3 Å². The highest BCUT2D eigenvalue weighted by molar-refractivity contribution is 7.88. The van der Waals surface area contributed by atoms with Gasteiger partial charge in [0.1, 0.15) is 18.0 Å². The van der Waals surface area contributed by atoms with E-state index in [1.807, 2.05) is 4.90 Å². The van der Waals surface area contributed by atoms with Crippen molar-refractivity contribution in [2.75, 3.05) is 20.7 Å². The van der Waals surface area contributed by atoms with Gasteiger partial charge in [0.2, 0.25) is 10.0 Å². The SMILES string of the molecule is C[C@@H]1C[C@H](N(C)C)[C@@H](O)[C@H](O[C@@H]2[C@@H](C)C(=O)C(C)(F)C(=O)O[C@H](C)C3OC(=O)NC3[C@H](C)C(=O)[C@H](C)C[C@]2(C)OC/C=C/c2cnc3ccc(CS(N)(=O)=O)cc3c2)O1. The van der Waals surface area contributed by atoms with E-state index in [0.717, 1.165) is 6.92 Å². The van der Waals surface area contributed by atoms with Crippen LogP contribution in [0, 0.1) is 17.8 Å². The molecule has 0 aliphatic carbocycles. The van der Waals surface area contributed by atoms with Crippen molar-refractivity contribution in [2.24, 2.45) is 22.9 Å². The van der Waals surface area contributed by atoms with Crippen LogP contribution in [-0.4, -0.2) is 128 Å². The Morgan fingerprint density at radius 3 is 2.42 bits per heavy atom. The number of nitrogens with one attached hydrogen (secondary N) is 1. The number of pyridine rings is 1. The van der Waals surface area contributed by atoms with Crippen LogP contribution < -0.4 is 10.5 Å². The number of primary sulfonamides is 1. The summed E-state index contributed by atoms with van der Waals surface area (Å²) in [5, 5.41) is 20.1. The summed E-state index contributed by atoms with van der Waals surface area (Å²) in [6.45, 7) is 10.1. The molecule has 0 radical (unpaired) electrons. The van der Waals surface area contributed by atoms with Crippen LogP contribution in [0.4, 0.5) is 9.18 Å². The molecule has 18 heteroatoms. The molecular weight excluding hydrogens is 792 g/mol. The molecule has 3 saturated heterocycles. The maximum Gasteiger partial charge on any atom is 0.407 e. The number of halogens is 1. The summed E-state index contributed by atoms with van der Waals surface area (Å²) >= 11 is 0. The molecule has 1 aromatic heterocycles. The summed E-state index contributed by atoms with van der Waals surface area (Å²) in [5.74, 6) is -6.52. The van der Waals surface area contributed by atoms with Gasteiger partial charge in [-0.2, -0.15) is 0 Å². The summed E-state index contributed by atoms with van der Waals surface area (Å²) < 4.78 is 70.1. The molecule has 1 amide bonds. The fourth-order valence-electron chi connectivity index (χ4n) is 8.47. The molecule has 16 nitrogen and oxygen atoms in total. The monoisotopic (exact) mass is 848 g/mol. The number of aliphatic hydroxyl groups is 1. The lowest BCUT2D eigenvalue weighted by Gasteiger charge is -2.47. The van der Waals surface area contributed by atoms with E-state index in [4.69, 9.17) is 28.8 Å². The number of benzene rings is 1. The average molecular weight is 849 g/mol. The van der Waals surface area contributed by atoms with Crippen molar-refractivity contribution >= 4 is 50.6 Å². The summed E-state index contributed by atoms with van der Waals surface area (Å²) in [6.07, 6.45) is -2.27.